The van der Waals surface area contributed by atoms with Gasteiger partial charge in [-0.15, -0.1) is 11.3 Å². The third-order valence-corrected chi connectivity index (χ3v) is 5.92. The van der Waals surface area contributed by atoms with Crippen LogP contribution in [0.4, 0.5) is 4.39 Å². The van der Waals surface area contributed by atoms with Crippen LogP contribution in [0.3, 0.4) is 0 Å². The predicted molar refractivity (Wildman–Crippen MR) is 95.3 cm³/mol. The van der Waals surface area contributed by atoms with Gasteiger partial charge in [0.25, 0.3) is 5.91 Å². The smallest absolute Gasteiger partial charge is 0.329 e. The molecule has 2 heterocycles. The summed E-state index contributed by atoms with van der Waals surface area (Å²) in [6.07, 6.45) is 1.68. The Bertz CT molecular complexity index is 1020. The number of hydrogen-bond acceptors (Lipinski definition) is 4. The molecule has 134 valence electrons. The largest absolute Gasteiger partial charge is 0.480 e. The molecule has 1 saturated carbocycles. The predicted octanol–water partition coefficient (Wildman–Crippen LogP) is 3.27. The number of carbonyl (C=O) groups excluding carboxylic acids is 1. The van der Waals surface area contributed by atoms with Gasteiger partial charge >= 0.3 is 5.97 Å². The molecule has 0 aliphatic heterocycles. The fourth-order valence-electron chi connectivity index (χ4n) is 3.12. The first-order chi connectivity index (χ1) is 12.4. The van der Waals surface area contributed by atoms with E-state index in [4.69, 9.17) is 0 Å². The minimum Gasteiger partial charge on any atom is -0.480 e. The molecule has 1 fully saturated rings. The Labute approximate surface area is 152 Å². The van der Waals surface area contributed by atoms with Crippen LogP contribution >= 0.6 is 11.3 Å². The highest BCUT2D eigenvalue weighted by Crippen LogP contribution is 2.34. The lowest BCUT2D eigenvalue weighted by Gasteiger charge is -2.38. The van der Waals surface area contributed by atoms with E-state index >= 15 is 0 Å². The van der Waals surface area contributed by atoms with Crippen molar-refractivity contribution >= 4 is 33.4 Å². The van der Waals surface area contributed by atoms with Crippen LogP contribution in [0, 0.1) is 12.7 Å². The normalized spacial score (nSPS) is 15.6. The highest BCUT2D eigenvalue weighted by Gasteiger charge is 2.46. The number of nitrogens with zero attached hydrogens (tertiary/aromatic N) is 2. The molecule has 1 aliphatic carbocycles. The zero-order chi connectivity index (χ0) is 18.5. The van der Waals surface area contributed by atoms with Crippen molar-refractivity contribution in [2.24, 2.45) is 0 Å². The van der Waals surface area contributed by atoms with Crippen molar-refractivity contribution in [3.63, 3.8) is 0 Å². The van der Waals surface area contributed by atoms with Crippen molar-refractivity contribution in [1.29, 1.82) is 0 Å². The van der Waals surface area contributed by atoms with Crippen LogP contribution in [0.25, 0.3) is 15.9 Å². The standard InChI is InChI=1S/C18H16FN3O3S/c1-10-13-9-14(15(23)20-18(17(24)25)7-2-8-18)26-16(13)22(21-10)12-5-3-11(19)4-6-12/h3-6,9H,2,7-8H2,1H3,(H,20,23)(H,24,25). The van der Waals surface area contributed by atoms with Crippen molar-refractivity contribution < 1.29 is 19.1 Å². The van der Waals surface area contributed by atoms with E-state index in [1.807, 2.05) is 6.92 Å². The number of aryl methyl sites for hydroxylation is 1. The molecular weight excluding hydrogens is 357 g/mol. The molecular formula is C18H16FN3O3S. The summed E-state index contributed by atoms with van der Waals surface area (Å²) in [6, 6.07) is 7.67. The van der Waals surface area contributed by atoms with Crippen molar-refractivity contribution in [3.8, 4) is 5.69 Å². The molecule has 0 radical (unpaired) electrons. The number of carboxylic acids is 1. The highest BCUT2D eigenvalue weighted by molar-refractivity contribution is 7.20. The zero-order valence-corrected chi connectivity index (χ0v) is 14.8. The molecule has 1 aromatic carbocycles. The average molecular weight is 373 g/mol. The van der Waals surface area contributed by atoms with E-state index in [-0.39, 0.29) is 5.82 Å². The van der Waals surface area contributed by atoms with Crippen LogP contribution in [-0.2, 0) is 4.79 Å². The van der Waals surface area contributed by atoms with Crippen molar-refractivity contribution in [2.45, 2.75) is 31.7 Å². The maximum Gasteiger partial charge on any atom is 0.329 e. The Morgan fingerprint density at radius 3 is 2.58 bits per heavy atom. The summed E-state index contributed by atoms with van der Waals surface area (Å²) in [5.41, 5.74) is 0.293. The number of fused-ring (bicyclic) bond motifs is 1. The molecule has 2 aromatic heterocycles. The van der Waals surface area contributed by atoms with Crippen LogP contribution in [0.15, 0.2) is 30.3 Å². The summed E-state index contributed by atoms with van der Waals surface area (Å²) in [7, 11) is 0. The van der Waals surface area contributed by atoms with Gasteiger partial charge in [0.15, 0.2) is 0 Å². The summed E-state index contributed by atoms with van der Waals surface area (Å²) < 4.78 is 14.8. The molecule has 0 atom stereocenters. The fourth-order valence-corrected chi connectivity index (χ4v) is 4.20. The molecule has 6 nitrogen and oxygen atoms in total. The molecule has 2 N–H and O–H groups in total. The van der Waals surface area contributed by atoms with Crippen LogP contribution in [0.5, 0.6) is 0 Å². The summed E-state index contributed by atoms with van der Waals surface area (Å²) in [5, 5.41) is 17.3. The van der Waals surface area contributed by atoms with E-state index < -0.39 is 17.4 Å². The second-order valence-electron chi connectivity index (χ2n) is 6.50. The lowest BCUT2D eigenvalue weighted by atomic mass is 9.77. The minimum atomic E-state index is -1.15. The van der Waals surface area contributed by atoms with Crippen LogP contribution in [0.2, 0.25) is 0 Å². The molecule has 0 saturated heterocycles. The Hall–Kier alpha value is -2.74. The van der Waals surface area contributed by atoms with E-state index in [2.05, 4.69) is 10.4 Å². The molecule has 0 bridgehead atoms. The monoisotopic (exact) mass is 373 g/mol. The van der Waals surface area contributed by atoms with E-state index in [0.29, 0.717) is 23.4 Å². The van der Waals surface area contributed by atoms with Crippen LogP contribution in [0.1, 0.15) is 34.6 Å². The first kappa shape index (κ1) is 16.7. The Morgan fingerprint density at radius 1 is 1.31 bits per heavy atom. The summed E-state index contributed by atoms with van der Waals surface area (Å²) in [6.45, 7) is 1.83. The van der Waals surface area contributed by atoms with Gasteiger partial charge in [0.05, 0.1) is 16.3 Å². The number of carbonyl (C=O) groups is 2. The molecule has 0 spiro atoms. The second kappa shape index (κ2) is 5.91. The number of nitrogens with one attached hydrogen (secondary N) is 1. The number of thiophene rings is 1. The third kappa shape index (κ3) is 2.57. The molecule has 8 heteroatoms. The van der Waals surface area contributed by atoms with Crippen molar-refractivity contribution in [3.05, 3.63) is 46.7 Å². The zero-order valence-electron chi connectivity index (χ0n) is 14.0. The number of carboxylic acid groups (broad SMARTS) is 1. The third-order valence-electron chi connectivity index (χ3n) is 4.81. The molecule has 3 aromatic rings. The first-order valence-electron chi connectivity index (χ1n) is 8.21. The van der Waals surface area contributed by atoms with Gasteiger partial charge in [-0.2, -0.15) is 5.10 Å². The Kier molecular flexibility index (Phi) is 3.80. The first-order valence-corrected chi connectivity index (χ1v) is 9.02. The molecule has 4 rings (SSSR count). The van der Waals surface area contributed by atoms with Crippen molar-refractivity contribution in [1.82, 2.24) is 15.1 Å². The number of aromatic nitrogens is 2. The summed E-state index contributed by atoms with van der Waals surface area (Å²) >= 11 is 1.24. The molecule has 1 aliphatic rings. The second-order valence-corrected chi connectivity index (χ2v) is 7.53. The quantitative estimate of drug-likeness (QED) is 0.735. The maximum absolute atomic E-state index is 13.2. The minimum absolute atomic E-state index is 0.334. The average Bonchev–Trinajstić information content (AvgIpc) is 3.12. The lowest BCUT2D eigenvalue weighted by molar-refractivity contribution is -0.148. The fraction of sp³-hybridized carbons (Fsp3) is 0.278. The SMILES string of the molecule is Cc1nn(-c2ccc(F)cc2)c2sc(C(=O)NC3(C(=O)O)CCC3)cc12. The van der Waals surface area contributed by atoms with Crippen molar-refractivity contribution in [2.75, 3.05) is 0 Å². The van der Waals surface area contributed by atoms with Gasteiger partial charge in [-0.25, -0.2) is 13.9 Å². The molecule has 26 heavy (non-hydrogen) atoms. The summed E-state index contributed by atoms with van der Waals surface area (Å²) in [4.78, 5) is 25.2. The molecule has 1 amide bonds. The molecule has 0 unspecified atom stereocenters. The van der Waals surface area contributed by atoms with Crippen LogP contribution < -0.4 is 5.32 Å². The lowest BCUT2D eigenvalue weighted by Crippen LogP contribution is -2.59. The van der Waals surface area contributed by atoms with Gasteiger partial charge in [-0.1, -0.05) is 0 Å². The number of amides is 1. The number of halogens is 1. The topological polar surface area (TPSA) is 84.2 Å². The van der Waals surface area contributed by atoms with E-state index in [0.717, 1.165) is 22.3 Å². The van der Waals surface area contributed by atoms with Crippen LogP contribution in [-0.4, -0.2) is 32.3 Å². The van der Waals surface area contributed by atoms with E-state index in [9.17, 15) is 19.1 Å². The Morgan fingerprint density at radius 2 is 2.00 bits per heavy atom. The maximum atomic E-state index is 13.2. The van der Waals surface area contributed by atoms with Gasteiger partial charge in [-0.05, 0) is 56.5 Å². The van der Waals surface area contributed by atoms with Gasteiger partial charge in [0.2, 0.25) is 0 Å². The number of aliphatic carboxylic acids is 1. The van der Waals surface area contributed by atoms with Gasteiger partial charge < -0.3 is 10.4 Å². The highest BCUT2D eigenvalue weighted by atomic mass is 32.1. The van der Waals surface area contributed by atoms with Gasteiger partial charge in [0, 0.05) is 5.39 Å². The number of benzene rings is 1. The van der Waals surface area contributed by atoms with E-state index in [1.165, 1.54) is 23.5 Å². The summed E-state index contributed by atoms with van der Waals surface area (Å²) in [5.74, 6) is -1.72. The Balaban J connectivity index is 1.70. The van der Waals surface area contributed by atoms with Gasteiger partial charge in [0.1, 0.15) is 16.2 Å². The number of rotatable bonds is 4. The van der Waals surface area contributed by atoms with E-state index in [1.54, 1.807) is 22.9 Å². The van der Waals surface area contributed by atoms with Gasteiger partial charge in [-0.3, -0.25) is 4.79 Å². The number of hydrogen-bond donors (Lipinski definition) is 2.